The Morgan fingerprint density at radius 3 is 2.33 bits per heavy atom. The van der Waals surface area contributed by atoms with Crippen molar-refractivity contribution in [1.82, 2.24) is 10.2 Å². The highest BCUT2D eigenvalue weighted by Gasteiger charge is 2.11. The molecule has 1 aliphatic heterocycles. The molecule has 0 bridgehead atoms. The van der Waals surface area contributed by atoms with Crippen LogP contribution in [0, 0.1) is 3.57 Å². The first-order valence-corrected chi connectivity index (χ1v) is 9.63. The van der Waals surface area contributed by atoms with E-state index in [1.54, 1.807) is 0 Å². The Labute approximate surface area is 157 Å². The second-order valence-electron chi connectivity index (χ2n) is 6.32. The molecule has 2 aromatic rings. The molecule has 1 saturated heterocycles. The Morgan fingerprint density at radius 2 is 1.62 bits per heavy atom. The van der Waals surface area contributed by atoms with Crippen molar-refractivity contribution in [3.63, 3.8) is 0 Å². The average molecular weight is 434 g/mol. The van der Waals surface area contributed by atoms with Crippen LogP contribution in [0.3, 0.4) is 0 Å². The van der Waals surface area contributed by atoms with Gasteiger partial charge in [-0.25, -0.2) is 0 Å². The third-order valence-electron chi connectivity index (χ3n) is 4.45. The van der Waals surface area contributed by atoms with Gasteiger partial charge in [-0.3, -0.25) is 9.69 Å². The average Bonchev–Trinajstić information content (AvgIpc) is 2.62. The van der Waals surface area contributed by atoms with Gasteiger partial charge in [0.2, 0.25) is 0 Å². The molecule has 0 atom stereocenters. The molecular weight excluding hydrogens is 411 g/mol. The summed E-state index contributed by atoms with van der Waals surface area (Å²) in [5.41, 5.74) is 3.22. The van der Waals surface area contributed by atoms with Gasteiger partial charge in [-0.05, 0) is 71.8 Å². The Morgan fingerprint density at radius 1 is 0.958 bits per heavy atom. The number of halogens is 1. The topological polar surface area (TPSA) is 32.3 Å². The number of hydrogen-bond donors (Lipinski definition) is 1. The van der Waals surface area contributed by atoms with E-state index in [2.05, 4.69) is 57.1 Å². The van der Waals surface area contributed by atoms with Crippen LogP contribution >= 0.6 is 22.6 Å². The lowest BCUT2D eigenvalue weighted by atomic mass is 10.1. The van der Waals surface area contributed by atoms with Gasteiger partial charge in [-0.1, -0.05) is 42.8 Å². The number of amides is 1. The zero-order valence-corrected chi connectivity index (χ0v) is 16.0. The second kappa shape index (κ2) is 8.62. The summed E-state index contributed by atoms with van der Waals surface area (Å²) < 4.78 is 0.976. The zero-order valence-electron chi connectivity index (χ0n) is 13.8. The normalized spacial score (nSPS) is 15.2. The smallest absolute Gasteiger partial charge is 0.252 e. The maximum Gasteiger partial charge on any atom is 0.252 e. The van der Waals surface area contributed by atoms with E-state index in [0.29, 0.717) is 6.54 Å². The molecule has 2 aromatic carbocycles. The molecule has 1 aliphatic rings. The minimum absolute atomic E-state index is 0.0163. The maximum atomic E-state index is 12.2. The lowest BCUT2D eigenvalue weighted by molar-refractivity contribution is 0.0950. The SMILES string of the molecule is O=C(NCc1ccc(CN2CCCCC2)cc1)c1ccccc1I. The van der Waals surface area contributed by atoms with Crippen molar-refractivity contribution in [1.29, 1.82) is 0 Å². The number of benzene rings is 2. The van der Waals surface area contributed by atoms with E-state index < -0.39 is 0 Å². The van der Waals surface area contributed by atoms with Crippen molar-refractivity contribution in [3.8, 4) is 0 Å². The standard InChI is InChI=1S/C20H23IN2O/c21-19-7-3-2-6-18(19)20(24)22-14-16-8-10-17(11-9-16)15-23-12-4-1-5-13-23/h2-3,6-11H,1,4-5,12-15H2,(H,22,24). The highest BCUT2D eigenvalue weighted by molar-refractivity contribution is 14.1. The third-order valence-corrected chi connectivity index (χ3v) is 5.39. The molecule has 0 aromatic heterocycles. The maximum absolute atomic E-state index is 12.2. The van der Waals surface area contributed by atoms with Gasteiger partial charge in [-0.2, -0.15) is 0 Å². The number of carbonyl (C=O) groups is 1. The lowest BCUT2D eigenvalue weighted by Crippen LogP contribution is -2.29. The van der Waals surface area contributed by atoms with Crippen LogP contribution in [0.2, 0.25) is 0 Å². The number of likely N-dealkylation sites (tertiary alicyclic amines) is 1. The minimum atomic E-state index is -0.0163. The van der Waals surface area contributed by atoms with Crippen LogP contribution < -0.4 is 5.32 Å². The highest BCUT2D eigenvalue weighted by atomic mass is 127. The van der Waals surface area contributed by atoms with E-state index in [9.17, 15) is 4.79 Å². The Hall–Kier alpha value is -1.40. The summed E-state index contributed by atoms with van der Waals surface area (Å²) in [5, 5.41) is 3.00. The molecule has 3 rings (SSSR count). The molecule has 0 aliphatic carbocycles. The summed E-state index contributed by atoms with van der Waals surface area (Å²) in [4.78, 5) is 14.8. The summed E-state index contributed by atoms with van der Waals surface area (Å²) in [7, 11) is 0. The molecule has 126 valence electrons. The zero-order chi connectivity index (χ0) is 16.8. The Bertz CT molecular complexity index is 678. The number of carbonyl (C=O) groups excluding carboxylic acids is 1. The van der Waals surface area contributed by atoms with Gasteiger partial charge in [0.15, 0.2) is 0 Å². The first-order chi connectivity index (χ1) is 11.7. The van der Waals surface area contributed by atoms with Crippen LogP contribution in [-0.4, -0.2) is 23.9 Å². The summed E-state index contributed by atoms with van der Waals surface area (Å²) in [6, 6.07) is 16.3. The van der Waals surface area contributed by atoms with Gasteiger partial charge < -0.3 is 5.32 Å². The molecular formula is C20H23IN2O. The fourth-order valence-electron chi connectivity index (χ4n) is 3.06. The molecule has 0 saturated carbocycles. The van der Waals surface area contributed by atoms with Crippen LogP contribution in [0.1, 0.15) is 40.7 Å². The van der Waals surface area contributed by atoms with Crippen molar-refractivity contribution in [3.05, 3.63) is 68.8 Å². The van der Waals surface area contributed by atoms with Crippen molar-refractivity contribution in [2.45, 2.75) is 32.4 Å². The Balaban J connectivity index is 1.52. The van der Waals surface area contributed by atoms with Gasteiger partial charge >= 0.3 is 0 Å². The van der Waals surface area contributed by atoms with Gasteiger partial charge in [-0.15, -0.1) is 0 Å². The van der Waals surface area contributed by atoms with Gasteiger partial charge in [0.25, 0.3) is 5.91 Å². The molecule has 0 radical (unpaired) electrons. The highest BCUT2D eigenvalue weighted by Crippen LogP contribution is 2.14. The molecule has 1 fully saturated rings. The molecule has 0 unspecified atom stereocenters. The molecule has 24 heavy (non-hydrogen) atoms. The fourth-order valence-corrected chi connectivity index (χ4v) is 3.69. The molecule has 1 amide bonds. The predicted molar refractivity (Wildman–Crippen MR) is 106 cm³/mol. The van der Waals surface area contributed by atoms with Gasteiger partial charge in [0.1, 0.15) is 0 Å². The first kappa shape index (κ1) is 17.4. The monoisotopic (exact) mass is 434 g/mol. The third kappa shape index (κ3) is 4.80. The van der Waals surface area contributed by atoms with E-state index in [1.165, 1.54) is 37.9 Å². The van der Waals surface area contributed by atoms with E-state index in [1.807, 2.05) is 24.3 Å². The van der Waals surface area contributed by atoms with E-state index in [-0.39, 0.29) is 5.91 Å². The molecule has 1 heterocycles. The van der Waals surface area contributed by atoms with E-state index in [0.717, 1.165) is 21.2 Å². The second-order valence-corrected chi connectivity index (χ2v) is 7.48. The summed E-state index contributed by atoms with van der Waals surface area (Å²) in [6.45, 7) is 4.03. The van der Waals surface area contributed by atoms with Crippen LogP contribution in [-0.2, 0) is 13.1 Å². The summed E-state index contributed by atoms with van der Waals surface area (Å²) >= 11 is 2.19. The van der Waals surface area contributed by atoms with Gasteiger partial charge in [0, 0.05) is 16.7 Å². The number of nitrogens with one attached hydrogen (secondary N) is 1. The number of rotatable bonds is 5. The van der Waals surface area contributed by atoms with E-state index in [4.69, 9.17) is 0 Å². The molecule has 3 nitrogen and oxygen atoms in total. The number of hydrogen-bond acceptors (Lipinski definition) is 2. The molecule has 4 heteroatoms. The molecule has 1 N–H and O–H groups in total. The largest absolute Gasteiger partial charge is 0.348 e. The van der Waals surface area contributed by atoms with Crippen molar-refractivity contribution < 1.29 is 4.79 Å². The van der Waals surface area contributed by atoms with Gasteiger partial charge in [0.05, 0.1) is 5.56 Å². The number of piperidine rings is 1. The van der Waals surface area contributed by atoms with Crippen LogP contribution in [0.25, 0.3) is 0 Å². The van der Waals surface area contributed by atoms with Crippen molar-refractivity contribution in [2.24, 2.45) is 0 Å². The quantitative estimate of drug-likeness (QED) is 0.716. The number of nitrogens with zero attached hydrogens (tertiary/aromatic N) is 1. The molecule has 0 spiro atoms. The fraction of sp³-hybridized carbons (Fsp3) is 0.350. The van der Waals surface area contributed by atoms with Crippen LogP contribution in [0.15, 0.2) is 48.5 Å². The minimum Gasteiger partial charge on any atom is -0.348 e. The summed E-state index contributed by atoms with van der Waals surface area (Å²) in [5.74, 6) is -0.0163. The van der Waals surface area contributed by atoms with Crippen molar-refractivity contribution in [2.75, 3.05) is 13.1 Å². The van der Waals surface area contributed by atoms with E-state index >= 15 is 0 Å². The predicted octanol–water partition coefficient (Wildman–Crippen LogP) is 4.21. The van der Waals surface area contributed by atoms with Crippen LogP contribution in [0.5, 0.6) is 0 Å². The lowest BCUT2D eigenvalue weighted by Gasteiger charge is -2.26. The first-order valence-electron chi connectivity index (χ1n) is 8.55. The summed E-state index contributed by atoms with van der Waals surface area (Å²) in [6.07, 6.45) is 4.01. The Kier molecular flexibility index (Phi) is 6.26. The van der Waals surface area contributed by atoms with Crippen molar-refractivity contribution >= 4 is 28.5 Å². The van der Waals surface area contributed by atoms with Crippen LogP contribution in [0.4, 0.5) is 0 Å².